The fourth-order valence-electron chi connectivity index (χ4n) is 4.04. The molecular weight excluding hydrogens is 510 g/mol. The number of amides is 2. The van der Waals surface area contributed by atoms with Crippen LogP contribution in [0.15, 0.2) is 101 Å². The number of thioether (sulfide) groups is 1. The van der Waals surface area contributed by atoms with E-state index in [9.17, 15) is 9.59 Å². The van der Waals surface area contributed by atoms with Crippen molar-refractivity contribution in [3.05, 3.63) is 108 Å². The zero-order valence-corrected chi connectivity index (χ0v) is 22.7. The summed E-state index contributed by atoms with van der Waals surface area (Å²) >= 11 is 2.89. The van der Waals surface area contributed by atoms with Gasteiger partial charge in [-0.25, -0.2) is 4.98 Å². The molecule has 4 aromatic carbocycles. The van der Waals surface area contributed by atoms with Crippen LogP contribution in [0.25, 0.3) is 22.0 Å². The molecule has 7 heteroatoms. The minimum absolute atomic E-state index is 0.0917. The zero-order chi connectivity index (χ0) is 26.5. The SMILES string of the molecule is CCC(Sc1cccc(NC(=O)c2ccc(C)cc2)c1)C(=O)Nc1nc(-c2ccc3ccccc3c2)cs1. The molecule has 0 aliphatic carbocycles. The summed E-state index contributed by atoms with van der Waals surface area (Å²) in [5.74, 6) is -0.256. The maximum atomic E-state index is 13.1. The first-order valence-electron chi connectivity index (χ1n) is 12.4. The Bertz CT molecular complexity index is 1590. The van der Waals surface area contributed by atoms with Crippen LogP contribution in [-0.4, -0.2) is 22.0 Å². The number of nitrogens with one attached hydrogen (secondary N) is 2. The van der Waals surface area contributed by atoms with Gasteiger partial charge in [0.2, 0.25) is 5.91 Å². The van der Waals surface area contributed by atoms with Gasteiger partial charge in [0, 0.05) is 27.1 Å². The van der Waals surface area contributed by atoms with Gasteiger partial charge in [-0.2, -0.15) is 0 Å². The van der Waals surface area contributed by atoms with Crippen molar-refractivity contribution in [1.29, 1.82) is 0 Å². The van der Waals surface area contributed by atoms with Gasteiger partial charge in [-0.05, 0) is 60.5 Å². The monoisotopic (exact) mass is 537 g/mol. The van der Waals surface area contributed by atoms with Gasteiger partial charge >= 0.3 is 0 Å². The molecule has 0 saturated heterocycles. The number of aromatic nitrogens is 1. The summed E-state index contributed by atoms with van der Waals surface area (Å²) in [6, 6.07) is 29.5. The molecule has 38 heavy (non-hydrogen) atoms. The van der Waals surface area contributed by atoms with Gasteiger partial charge in [0.1, 0.15) is 0 Å². The van der Waals surface area contributed by atoms with Crippen molar-refractivity contribution in [2.75, 3.05) is 10.6 Å². The molecule has 1 heterocycles. The summed E-state index contributed by atoms with van der Waals surface area (Å²) in [5.41, 5.74) is 4.26. The Morgan fingerprint density at radius 2 is 1.68 bits per heavy atom. The number of hydrogen-bond acceptors (Lipinski definition) is 5. The molecular formula is C31H27N3O2S2. The average molecular weight is 538 g/mol. The van der Waals surface area contributed by atoms with Gasteiger partial charge in [-0.3, -0.25) is 9.59 Å². The van der Waals surface area contributed by atoms with Crippen molar-refractivity contribution in [3.8, 4) is 11.3 Å². The zero-order valence-electron chi connectivity index (χ0n) is 21.1. The average Bonchev–Trinajstić information content (AvgIpc) is 3.40. The van der Waals surface area contributed by atoms with Gasteiger partial charge in [0.05, 0.1) is 10.9 Å². The highest BCUT2D eigenvalue weighted by molar-refractivity contribution is 8.00. The molecule has 1 unspecified atom stereocenters. The van der Waals surface area contributed by atoms with Crippen molar-refractivity contribution in [2.24, 2.45) is 0 Å². The number of carbonyl (C=O) groups excluding carboxylic acids is 2. The molecule has 0 bridgehead atoms. The molecule has 1 aromatic heterocycles. The number of thiazole rings is 1. The van der Waals surface area contributed by atoms with Crippen LogP contribution in [0.1, 0.15) is 29.3 Å². The molecule has 190 valence electrons. The minimum atomic E-state index is -0.300. The molecule has 0 radical (unpaired) electrons. The Kier molecular flexibility index (Phi) is 7.86. The normalized spacial score (nSPS) is 11.7. The van der Waals surface area contributed by atoms with E-state index in [4.69, 9.17) is 0 Å². The summed E-state index contributed by atoms with van der Waals surface area (Å²) in [6.45, 7) is 3.98. The molecule has 2 N–H and O–H groups in total. The highest BCUT2D eigenvalue weighted by Gasteiger charge is 2.20. The Labute approximate surface area is 230 Å². The fourth-order valence-corrected chi connectivity index (χ4v) is 5.78. The summed E-state index contributed by atoms with van der Waals surface area (Å²) < 4.78 is 0. The van der Waals surface area contributed by atoms with Gasteiger partial charge in [0.15, 0.2) is 5.13 Å². The Morgan fingerprint density at radius 1 is 0.895 bits per heavy atom. The Hall–Kier alpha value is -3.94. The predicted octanol–water partition coefficient (Wildman–Crippen LogP) is 8.03. The lowest BCUT2D eigenvalue weighted by atomic mass is 10.1. The molecule has 5 nitrogen and oxygen atoms in total. The summed E-state index contributed by atoms with van der Waals surface area (Å²) in [7, 11) is 0. The number of anilines is 2. The van der Waals surface area contributed by atoms with Crippen molar-refractivity contribution in [2.45, 2.75) is 30.4 Å². The molecule has 1 atom stereocenters. The van der Waals surface area contributed by atoms with E-state index in [0.717, 1.165) is 27.1 Å². The van der Waals surface area contributed by atoms with E-state index in [-0.39, 0.29) is 17.1 Å². The molecule has 0 saturated carbocycles. The maximum absolute atomic E-state index is 13.1. The van der Waals surface area contributed by atoms with Gasteiger partial charge in [-0.1, -0.05) is 67.1 Å². The third-order valence-corrected chi connectivity index (χ3v) is 8.24. The number of fused-ring (bicyclic) bond motifs is 1. The van der Waals surface area contributed by atoms with Crippen LogP contribution in [0.5, 0.6) is 0 Å². The molecule has 5 rings (SSSR count). The van der Waals surface area contributed by atoms with Crippen molar-refractivity contribution in [3.63, 3.8) is 0 Å². The fraction of sp³-hybridized carbons (Fsp3) is 0.129. The number of hydrogen-bond donors (Lipinski definition) is 2. The third-order valence-electron chi connectivity index (χ3n) is 6.13. The van der Waals surface area contributed by atoms with Crippen LogP contribution in [0.4, 0.5) is 10.8 Å². The molecule has 5 aromatic rings. The summed E-state index contributed by atoms with van der Waals surface area (Å²) in [6.07, 6.45) is 0.652. The number of nitrogens with zero attached hydrogens (tertiary/aromatic N) is 1. The van der Waals surface area contributed by atoms with Crippen LogP contribution in [0.2, 0.25) is 0 Å². The standard InChI is InChI=1S/C31H27N3O2S2/c1-3-28(38-26-10-6-9-25(18-26)32-29(35)22-13-11-20(2)12-14-22)30(36)34-31-33-27(19-37-31)24-16-15-21-7-4-5-8-23(21)17-24/h4-19,28H,3H2,1-2H3,(H,32,35)(H,33,34,36). The second-order valence-electron chi connectivity index (χ2n) is 8.95. The van der Waals surface area contributed by atoms with E-state index in [1.165, 1.54) is 28.5 Å². The van der Waals surface area contributed by atoms with Gasteiger partial charge < -0.3 is 10.6 Å². The smallest absolute Gasteiger partial charge is 0.255 e. The largest absolute Gasteiger partial charge is 0.322 e. The van der Waals surface area contributed by atoms with E-state index in [1.807, 2.05) is 79.9 Å². The highest BCUT2D eigenvalue weighted by Crippen LogP contribution is 2.31. The van der Waals surface area contributed by atoms with Crippen molar-refractivity contribution < 1.29 is 9.59 Å². The van der Waals surface area contributed by atoms with E-state index < -0.39 is 0 Å². The Balaban J connectivity index is 1.23. The quantitative estimate of drug-likeness (QED) is 0.197. The molecule has 2 amide bonds. The number of carbonyl (C=O) groups is 2. The summed E-state index contributed by atoms with van der Waals surface area (Å²) in [5, 5.41) is 10.5. The van der Waals surface area contributed by atoms with Crippen LogP contribution >= 0.6 is 23.1 Å². The predicted molar refractivity (Wildman–Crippen MR) is 159 cm³/mol. The molecule has 0 aliphatic rings. The maximum Gasteiger partial charge on any atom is 0.255 e. The van der Waals surface area contributed by atoms with Crippen LogP contribution in [0, 0.1) is 6.92 Å². The van der Waals surface area contributed by atoms with Crippen LogP contribution in [-0.2, 0) is 4.79 Å². The van der Waals surface area contributed by atoms with E-state index in [0.29, 0.717) is 22.8 Å². The summed E-state index contributed by atoms with van der Waals surface area (Å²) in [4.78, 5) is 31.3. The van der Waals surface area contributed by atoms with Gasteiger partial charge in [-0.15, -0.1) is 23.1 Å². The first kappa shape index (κ1) is 25.7. The van der Waals surface area contributed by atoms with Crippen molar-refractivity contribution in [1.82, 2.24) is 4.98 Å². The van der Waals surface area contributed by atoms with E-state index >= 15 is 0 Å². The Morgan fingerprint density at radius 3 is 2.47 bits per heavy atom. The second-order valence-corrected chi connectivity index (χ2v) is 11.1. The second kappa shape index (κ2) is 11.6. The lowest BCUT2D eigenvalue weighted by molar-refractivity contribution is -0.115. The molecule has 0 aliphatic heterocycles. The topological polar surface area (TPSA) is 71.1 Å². The number of aryl methyl sites for hydroxylation is 1. The minimum Gasteiger partial charge on any atom is -0.322 e. The molecule has 0 spiro atoms. The van der Waals surface area contributed by atoms with E-state index in [1.54, 1.807) is 0 Å². The van der Waals surface area contributed by atoms with Gasteiger partial charge in [0.25, 0.3) is 5.91 Å². The molecule has 0 fully saturated rings. The number of rotatable bonds is 8. The van der Waals surface area contributed by atoms with Crippen LogP contribution < -0.4 is 10.6 Å². The highest BCUT2D eigenvalue weighted by atomic mass is 32.2. The van der Waals surface area contributed by atoms with Crippen LogP contribution in [0.3, 0.4) is 0 Å². The first-order chi connectivity index (χ1) is 18.5. The lowest BCUT2D eigenvalue weighted by Gasteiger charge is -2.14. The lowest BCUT2D eigenvalue weighted by Crippen LogP contribution is -2.24. The number of benzene rings is 4. The first-order valence-corrected chi connectivity index (χ1v) is 14.1. The van der Waals surface area contributed by atoms with Crippen molar-refractivity contribution >= 4 is 56.5 Å². The third kappa shape index (κ3) is 6.13. The van der Waals surface area contributed by atoms with E-state index in [2.05, 4.69) is 45.9 Å².